The maximum Gasteiger partial charge on any atom is 0.318 e. The molecule has 0 radical (unpaired) electrons. The first-order valence-corrected chi connectivity index (χ1v) is 17.0. The van der Waals surface area contributed by atoms with E-state index in [9.17, 15) is 13.6 Å². The fourth-order valence-electron chi connectivity index (χ4n) is 7.28. The number of carbonyl (C=O) groups excluding carboxylic acids is 1. The molecule has 1 saturated heterocycles. The van der Waals surface area contributed by atoms with Crippen LogP contribution in [-0.4, -0.2) is 96.1 Å². The van der Waals surface area contributed by atoms with Crippen LogP contribution in [0.25, 0.3) is 15.6 Å². The number of anilines is 2. The minimum atomic E-state index is -2.58. The van der Waals surface area contributed by atoms with Gasteiger partial charge in [-0.05, 0) is 56.8 Å². The van der Waals surface area contributed by atoms with Gasteiger partial charge in [-0.1, -0.05) is 42.4 Å². The number of likely N-dealkylation sites (N-methyl/N-ethyl adjacent to an activating group) is 1. The minimum absolute atomic E-state index is 0.0457. The van der Waals surface area contributed by atoms with Crippen LogP contribution in [-0.2, 0) is 17.8 Å². The van der Waals surface area contributed by atoms with Gasteiger partial charge in [0.25, 0.3) is 0 Å². The monoisotopic (exact) mass is 677 g/mol. The van der Waals surface area contributed by atoms with Crippen LogP contribution in [0, 0.1) is 6.57 Å². The van der Waals surface area contributed by atoms with Crippen molar-refractivity contribution in [3.63, 3.8) is 0 Å². The maximum absolute atomic E-state index is 13.8. The molecule has 0 spiro atoms. The summed E-state index contributed by atoms with van der Waals surface area (Å²) < 4.78 is 33.9. The second kappa shape index (κ2) is 14.2. The third-order valence-corrected chi connectivity index (χ3v) is 10.5. The van der Waals surface area contributed by atoms with E-state index in [4.69, 9.17) is 32.9 Å². The summed E-state index contributed by atoms with van der Waals surface area (Å²) in [7, 11) is 1.97. The summed E-state index contributed by atoms with van der Waals surface area (Å²) >= 11 is 6.71. The molecule has 3 heterocycles. The number of alkyl halides is 2. The highest BCUT2D eigenvalue weighted by molar-refractivity contribution is 6.36. The molecular formula is C36H42ClF2N7O2. The van der Waals surface area contributed by atoms with E-state index in [-0.39, 0.29) is 49.4 Å². The van der Waals surface area contributed by atoms with Gasteiger partial charge >= 0.3 is 6.01 Å². The maximum atomic E-state index is 13.8. The van der Waals surface area contributed by atoms with E-state index in [1.807, 2.05) is 32.2 Å². The van der Waals surface area contributed by atoms with Gasteiger partial charge in [0.2, 0.25) is 18.4 Å². The molecule has 0 N–H and O–H groups in total. The highest BCUT2D eigenvalue weighted by atomic mass is 35.5. The lowest BCUT2D eigenvalue weighted by Gasteiger charge is -2.41. The predicted octanol–water partition coefficient (Wildman–Crippen LogP) is 6.25. The van der Waals surface area contributed by atoms with Gasteiger partial charge in [-0.15, -0.1) is 0 Å². The number of aromatic nitrogens is 2. The van der Waals surface area contributed by atoms with E-state index in [1.165, 1.54) is 6.08 Å². The lowest BCUT2D eigenvalue weighted by atomic mass is 9.91. The summed E-state index contributed by atoms with van der Waals surface area (Å²) in [5.41, 5.74) is 2.92. The van der Waals surface area contributed by atoms with Crippen LogP contribution in [0.15, 0.2) is 49.1 Å². The molecule has 1 saturated carbocycles. The van der Waals surface area contributed by atoms with E-state index in [0.717, 1.165) is 40.1 Å². The Morgan fingerprint density at radius 1 is 1.19 bits per heavy atom. The fraction of sp³-hybridized carbons (Fsp3) is 0.500. The van der Waals surface area contributed by atoms with Gasteiger partial charge in [0.15, 0.2) is 0 Å². The molecule has 3 aromatic rings. The molecule has 9 nitrogen and oxygen atoms in total. The quantitative estimate of drug-likeness (QED) is 0.196. The molecule has 1 aromatic heterocycles. The molecule has 48 heavy (non-hydrogen) atoms. The topological polar surface area (TPSA) is 69.4 Å². The van der Waals surface area contributed by atoms with Gasteiger partial charge in [-0.2, -0.15) is 9.97 Å². The van der Waals surface area contributed by atoms with Crippen molar-refractivity contribution in [2.45, 2.75) is 69.6 Å². The Morgan fingerprint density at radius 3 is 2.67 bits per heavy atom. The highest BCUT2D eigenvalue weighted by Gasteiger charge is 2.38. The number of hydrogen-bond acceptors (Lipinski definition) is 7. The summed E-state index contributed by atoms with van der Waals surface area (Å²) in [6, 6.07) is 12.1. The predicted molar refractivity (Wildman–Crippen MR) is 185 cm³/mol. The molecule has 1 aliphatic carbocycles. The molecule has 3 aliphatic rings. The Hall–Kier alpha value is -4.01. The van der Waals surface area contributed by atoms with Crippen molar-refractivity contribution in [3.8, 4) is 6.01 Å². The molecule has 1 amide bonds. The fourth-order valence-corrected chi connectivity index (χ4v) is 7.56. The lowest BCUT2D eigenvalue weighted by molar-refractivity contribution is -0.128. The molecule has 254 valence electrons. The van der Waals surface area contributed by atoms with Crippen molar-refractivity contribution < 1.29 is 18.3 Å². The normalized spacial score (nSPS) is 20.4. The molecule has 0 unspecified atom stereocenters. The standard InChI is InChI=1S/C36H42ClF2N7O2/c1-5-32(47)46-19-18-45(21-27(46)20-40-3)34-28-14-17-44(31-11-7-9-25-8-6-10-29(37)33(25)31)22-30(28)41-35(42-34)48-23-24(2)43(4)26-12-15-36(38,39)16-13-26/h5-11,24,26-27H,1,12-23H2,2,4H3/t24-,27-/m0/s1. The number of carbonyl (C=O) groups is 1. The van der Waals surface area contributed by atoms with Crippen LogP contribution < -0.4 is 14.5 Å². The van der Waals surface area contributed by atoms with Crippen LogP contribution in [0.4, 0.5) is 20.3 Å². The number of halogens is 3. The zero-order chi connectivity index (χ0) is 34.0. The van der Waals surface area contributed by atoms with Gasteiger partial charge < -0.3 is 24.3 Å². The highest BCUT2D eigenvalue weighted by Crippen LogP contribution is 2.38. The number of amides is 1. The van der Waals surface area contributed by atoms with E-state index >= 15 is 0 Å². The molecule has 12 heteroatoms. The number of benzene rings is 2. The zero-order valence-corrected chi connectivity index (χ0v) is 28.3. The second-order valence-electron chi connectivity index (χ2n) is 13.1. The summed E-state index contributed by atoms with van der Waals surface area (Å²) in [6.07, 6.45) is 2.71. The molecular weight excluding hydrogens is 636 g/mol. The van der Waals surface area contributed by atoms with Crippen molar-refractivity contribution in [2.75, 3.05) is 56.2 Å². The van der Waals surface area contributed by atoms with Crippen molar-refractivity contribution in [2.24, 2.45) is 0 Å². The van der Waals surface area contributed by atoms with Crippen molar-refractivity contribution >= 4 is 39.8 Å². The number of hydrogen-bond donors (Lipinski definition) is 0. The molecule has 2 aliphatic heterocycles. The first kappa shape index (κ1) is 33.9. The van der Waals surface area contributed by atoms with Crippen LogP contribution in [0.2, 0.25) is 5.02 Å². The van der Waals surface area contributed by atoms with Crippen molar-refractivity contribution in [3.05, 3.63) is 76.8 Å². The average Bonchev–Trinajstić information content (AvgIpc) is 3.09. The Balaban J connectivity index is 1.29. The summed E-state index contributed by atoms with van der Waals surface area (Å²) in [4.78, 5) is 34.4. The van der Waals surface area contributed by atoms with Crippen molar-refractivity contribution in [1.82, 2.24) is 19.8 Å². The Bertz CT molecular complexity index is 1700. The third-order valence-electron chi connectivity index (χ3n) is 10.1. The van der Waals surface area contributed by atoms with Crippen LogP contribution in [0.1, 0.15) is 43.9 Å². The molecule has 0 bridgehead atoms. The van der Waals surface area contributed by atoms with Crippen molar-refractivity contribution in [1.29, 1.82) is 0 Å². The van der Waals surface area contributed by atoms with Crippen LogP contribution in [0.5, 0.6) is 6.01 Å². The summed E-state index contributed by atoms with van der Waals surface area (Å²) in [5, 5.41) is 2.76. The summed E-state index contributed by atoms with van der Waals surface area (Å²) in [5.74, 6) is -1.99. The number of ether oxygens (including phenoxy) is 1. The Labute approximate surface area is 285 Å². The second-order valence-corrected chi connectivity index (χ2v) is 13.5. The van der Waals surface area contributed by atoms with E-state index in [1.54, 1.807) is 4.90 Å². The molecule has 2 aromatic carbocycles. The van der Waals surface area contributed by atoms with Crippen LogP contribution in [0.3, 0.4) is 0 Å². The number of rotatable bonds is 9. The Morgan fingerprint density at radius 2 is 1.94 bits per heavy atom. The first-order valence-electron chi connectivity index (χ1n) is 16.6. The van der Waals surface area contributed by atoms with Gasteiger partial charge in [-0.3, -0.25) is 9.69 Å². The number of fused-ring (bicyclic) bond motifs is 2. The van der Waals surface area contributed by atoms with Crippen LogP contribution >= 0.6 is 11.6 Å². The SMILES string of the molecule is [C-]#[N+]C[C@H]1CN(c2nc(OC[C@H](C)N(C)C3CCC(F)(F)CC3)nc3c2CCN(c2cccc4cccc(Cl)c24)C3)CCN1C(=O)C=C. The Kier molecular flexibility index (Phi) is 10.0. The van der Waals surface area contributed by atoms with Gasteiger partial charge in [0.1, 0.15) is 18.5 Å². The van der Waals surface area contributed by atoms with E-state index < -0.39 is 5.92 Å². The van der Waals surface area contributed by atoms with Gasteiger partial charge in [-0.25, -0.2) is 15.4 Å². The average molecular weight is 678 g/mol. The first-order chi connectivity index (χ1) is 23.1. The summed E-state index contributed by atoms with van der Waals surface area (Å²) in [6.45, 7) is 16.4. The number of nitrogens with zero attached hydrogens (tertiary/aromatic N) is 7. The number of piperazine rings is 1. The molecule has 2 atom stereocenters. The van der Waals surface area contributed by atoms with Gasteiger partial charge in [0, 0.05) is 67.7 Å². The molecule has 2 fully saturated rings. The third kappa shape index (κ3) is 7.06. The molecule has 6 rings (SSSR count). The minimum Gasteiger partial charge on any atom is -0.462 e. The van der Waals surface area contributed by atoms with E-state index in [0.29, 0.717) is 57.1 Å². The van der Waals surface area contributed by atoms with E-state index in [2.05, 4.69) is 44.3 Å². The largest absolute Gasteiger partial charge is 0.462 e. The lowest BCUT2D eigenvalue weighted by Crippen LogP contribution is -2.56. The smallest absolute Gasteiger partial charge is 0.318 e. The van der Waals surface area contributed by atoms with Gasteiger partial charge in [0.05, 0.1) is 17.3 Å². The zero-order valence-electron chi connectivity index (χ0n) is 27.5.